The fourth-order valence-corrected chi connectivity index (χ4v) is 2.33. The van der Waals surface area contributed by atoms with E-state index in [2.05, 4.69) is 13.8 Å². The van der Waals surface area contributed by atoms with E-state index in [4.69, 9.17) is 9.78 Å². The summed E-state index contributed by atoms with van der Waals surface area (Å²) < 4.78 is 0. The lowest BCUT2D eigenvalue weighted by Gasteiger charge is -2.29. The van der Waals surface area contributed by atoms with Crippen LogP contribution in [0.1, 0.15) is 49.0 Å². The highest BCUT2D eigenvalue weighted by molar-refractivity contribution is 5.89. The van der Waals surface area contributed by atoms with Crippen molar-refractivity contribution in [2.75, 3.05) is 0 Å². The lowest BCUT2D eigenvalue weighted by atomic mass is 9.80. The fraction of sp³-hybridized carbons (Fsp3) is 0.500. The van der Waals surface area contributed by atoms with E-state index < -0.39 is 5.97 Å². The molecule has 0 spiro atoms. The summed E-state index contributed by atoms with van der Waals surface area (Å²) in [5, 5.41) is 0. The average molecular weight is 261 g/mol. The van der Waals surface area contributed by atoms with Crippen LogP contribution in [0.5, 0.6) is 0 Å². The van der Waals surface area contributed by atoms with Gasteiger partial charge in [0.1, 0.15) is 6.10 Å². The first-order valence-electron chi connectivity index (χ1n) is 6.86. The summed E-state index contributed by atoms with van der Waals surface area (Å²) in [7, 11) is 0. The highest BCUT2D eigenvalue weighted by Gasteiger charge is 2.27. The number of carbonyl (C=O) groups excluding carboxylic acids is 1. The molecule has 0 bridgehead atoms. The molecule has 0 N–H and O–H groups in total. The fourth-order valence-electron chi connectivity index (χ4n) is 2.33. The van der Waals surface area contributed by atoms with E-state index in [0.717, 1.165) is 30.9 Å². The number of hydrogen-bond donors (Lipinski definition) is 0. The summed E-state index contributed by atoms with van der Waals surface area (Å²) in [5.74, 6) is 0.865. The van der Waals surface area contributed by atoms with E-state index in [9.17, 15) is 4.79 Å². The monoisotopic (exact) mass is 261 g/mol. The van der Waals surface area contributed by atoms with E-state index in [0.29, 0.717) is 17.4 Å². The molecule has 0 aromatic heterocycles. The van der Waals surface area contributed by atoms with Gasteiger partial charge in [0.2, 0.25) is 0 Å². The second kappa shape index (κ2) is 6.20. The molecule has 1 aromatic carbocycles. The van der Waals surface area contributed by atoms with Crippen molar-refractivity contribution in [3.05, 3.63) is 41.5 Å². The van der Waals surface area contributed by atoms with Gasteiger partial charge < -0.3 is 0 Å². The van der Waals surface area contributed by atoms with Gasteiger partial charge >= 0.3 is 5.97 Å². The lowest BCUT2D eigenvalue weighted by Crippen LogP contribution is -2.22. The highest BCUT2D eigenvalue weighted by Crippen LogP contribution is 2.35. The van der Waals surface area contributed by atoms with Gasteiger partial charge in [-0.25, -0.2) is 4.79 Å². The first kappa shape index (κ1) is 14.1. The average Bonchev–Trinajstić information content (AvgIpc) is 2.40. The Hall–Kier alpha value is -1.35. The molecule has 3 heteroatoms. The molecule has 2 atom stereocenters. The molecule has 3 nitrogen and oxygen atoms in total. The van der Waals surface area contributed by atoms with Crippen LogP contribution < -0.4 is 0 Å². The molecule has 0 heterocycles. The summed E-state index contributed by atoms with van der Waals surface area (Å²) >= 11 is 0. The Balaban J connectivity index is 1.84. The zero-order valence-corrected chi connectivity index (χ0v) is 11.8. The van der Waals surface area contributed by atoms with E-state index in [1.54, 1.807) is 12.1 Å². The van der Waals surface area contributed by atoms with Gasteiger partial charge in [-0.1, -0.05) is 31.5 Å². The molecule has 1 fully saturated rings. The largest absolute Gasteiger partial charge is 0.373 e. The van der Waals surface area contributed by atoms with Crippen molar-refractivity contribution in [3.63, 3.8) is 0 Å². The standard InChI is InChI=1S/C16H21O3/c1-11-5-4-6-14(9-11)16(17)19-18-15-8-7-12(2)13(3)10-15/h4-6,9,12-13H,7-8,10H2,1-3H3. The number of aryl methyl sites for hydroxylation is 1. The van der Waals surface area contributed by atoms with Crippen LogP contribution in [0.15, 0.2) is 24.3 Å². The van der Waals surface area contributed by atoms with Gasteiger partial charge in [0, 0.05) is 0 Å². The minimum Gasteiger partial charge on any atom is -0.292 e. The first-order chi connectivity index (χ1) is 9.06. The van der Waals surface area contributed by atoms with Crippen molar-refractivity contribution >= 4 is 5.97 Å². The quantitative estimate of drug-likeness (QED) is 0.607. The van der Waals surface area contributed by atoms with E-state index in [1.807, 2.05) is 19.1 Å². The third kappa shape index (κ3) is 3.80. The summed E-state index contributed by atoms with van der Waals surface area (Å²) in [6.07, 6.45) is 3.74. The summed E-state index contributed by atoms with van der Waals surface area (Å²) in [4.78, 5) is 22.0. The Kier molecular flexibility index (Phi) is 4.59. The SMILES string of the molecule is Cc1cccc(C(=O)OO[C]2CCC(C)C(C)C2)c1. The molecule has 1 aromatic rings. The minimum absolute atomic E-state index is 0.428. The maximum Gasteiger partial charge on any atom is 0.373 e. The molecule has 0 amide bonds. The topological polar surface area (TPSA) is 35.5 Å². The van der Waals surface area contributed by atoms with Gasteiger partial charge in [-0.05, 0) is 50.2 Å². The normalized spacial score (nSPS) is 24.2. The van der Waals surface area contributed by atoms with Gasteiger partial charge in [-0.3, -0.25) is 4.89 Å². The molecule has 1 aliphatic rings. The van der Waals surface area contributed by atoms with Crippen LogP contribution in [0.2, 0.25) is 0 Å². The van der Waals surface area contributed by atoms with Gasteiger partial charge in [-0.15, -0.1) is 0 Å². The maximum atomic E-state index is 11.8. The van der Waals surface area contributed by atoms with E-state index in [-0.39, 0.29) is 0 Å². The van der Waals surface area contributed by atoms with Crippen LogP contribution in [0.3, 0.4) is 0 Å². The van der Waals surface area contributed by atoms with Crippen molar-refractivity contribution in [1.29, 1.82) is 0 Å². The lowest BCUT2D eigenvalue weighted by molar-refractivity contribution is -0.242. The van der Waals surface area contributed by atoms with Gasteiger partial charge in [0.05, 0.1) is 5.56 Å². The highest BCUT2D eigenvalue weighted by atomic mass is 17.2. The molecule has 0 saturated heterocycles. The van der Waals surface area contributed by atoms with Gasteiger partial charge in [-0.2, -0.15) is 4.89 Å². The molecule has 103 valence electrons. The summed E-state index contributed by atoms with van der Waals surface area (Å²) in [6.45, 7) is 6.40. The molecule has 1 aliphatic carbocycles. The third-order valence-electron chi connectivity index (χ3n) is 3.89. The van der Waals surface area contributed by atoms with E-state index >= 15 is 0 Å². The van der Waals surface area contributed by atoms with Crippen LogP contribution in [0, 0.1) is 24.9 Å². The Labute approximate surface area is 114 Å². The number of benzene rings is 1. The summed E-state index contributed by atoms with van der Waals surface area (Å²) in [5.41, 5.74) is 1.56. The first-order valence-corrected chi connectivity index (χ1v) is 6.86. The van der Waals surface area contributed by atoms with Crippen molar-refractivity contribution in [3.8, 4) is 0 Å². The molecule has 1 saturated carbocycles. The second-order valence-corrected chi connectivity index (χ2v) is 5.56. The van der Waals surface area contributed by atoms with Crippen LogP contribution >= 0.6 is 0 Å². The smallest absolute Gasteiger partial charge is 0.292 e. The molecule has 2 unspecified atom stereocenters. The zero-order valence-electron chi connectivity index (χ0n) is 11.8. The van der Waals surface area contributed by atoms with Crippen LogP contribution in [-0.4, -0.2) is 5.97 Å². The van der Waals surface area contributed by atoms with Crippen molar-refractivity contribution < 1.29 is 14.6 Å². The molecule has 1 radical (unpaired) electrons. The Morgan fingerprint density at radius 2 is 2.05 bits per heavy atom. The molecule has 19 heavy (non-hydrogen) atoms. The summed E-state index contributed by atoms with van der Waals surface area (Å²) in [6, 6.07) is 7.30. The van der Waals surface area contributed by atoms with Crippen molar-refractivity contribution in [2.45, 2.75) is 40.0 Å². The minimum atomic E-state index is -0.428. The predicted octanol–water partition coefficient (Wildman–Crippen LogP) is 4.07. The number of carbonyl (C=O) groups is 1. The van der Waals surface area contributed by atoms with Gasteiger partial charge in [0.25, 0.3) is 0 Å². The Morgan fingerprint density at radius 3 is 2.74 bits per heavy atom. The molecular formula is C16H21O3. The Bertz CT molecular complexity index is 441. The van der Waals surface area contributed by atoms with Crippen LogP contribution in [-0.2, 0) is 9.78 Å². The molecule has 0 aliphatic heterocycles. The predicted molar refractivity (Wildman–Crippen MR) is 73.1 cm³/mol. The molecular weight excluding hydrogens is 240 g/mol. The third-order valence-corrected chi connectivity index (χ3v) is 3.89. The van der Waals surface area contributed by atoms with Crippen molar-refractivity contribution in [1.82, 2.24) is 0 Å². The van der Waals surface area contributed by atoms with Crippen molar-refractivity contribution in [2.24, 2.45) is 11.8 Å². The number of rotatable bonds is 3. The van der Waals surface area contributed by atoms with E-state index in [1.165, 1.54) is 0 Å². The van der Waals surface area contributed by atoms with Crippen LogP contribution in [0.4, 0.5) is 0 Å². The Morgan fingerprint density at radius 1 is 1.26 bits per heavy atom. The number of hydrogen-bond acceptors (Lipinski definition) is 3. The zero-order chi connectivity index (χ0) is 13.8. The van der Waals surface area contributed by atoms with Crippen LogP contribution in [0.25, 0.3) is 0 Å². The maximum absolute atomic E-state index is 11.8. The van der Waals surface area contributed by atoms with Gasteiger partial charge in [0.15, 0.2) is 0 Å². The second-order valence-electron chi connectivity index (χ2n) is 5.56. The molecule has 2 rings (SSSR count).